The molecule has 2 amide bonds. The minimum Gasteiger partial charge on any atom is -0.465 e. The van der Waals surface area contributed by atoms with E-state index in [2.05, 4.69) is 10.3 Å². The standard InChI is InChI=1S/C12H14Cl3N3O3/c1-5-8(14)9(15)10(16-5)11(19)17-7-2-3-18(12(20)21)4-6(7)13/h6-7,16H,2-4H2,1H3,(H,17,19)(H,20,21). The van der Waals surface area contributed by atoms with E-state index < -0.39 is 17.4 Å². The number of nitrogens with zero attached hydrogens (tertiary/aromatic N) is 1. The molecular weight excluding hydrogens is 341 g/mol. The van der Waals surface area contributed by atoms with E-state index in [4.69, 9.17) is 39.9 Å². The van der Waals surface area contributed by atoms with Crippen LogP contribution in [0.5, 0.6) is 0 Å². The SMILES string of the molecule is Cc1[nH]c(C(=O)NC2CCN(C(=O)O)CC2Cl)c(Cl)c1Cl. The van der Waals surface area contributed by atoms with E-state index in [1.807, 2.05) is 0 Å². The predicted molar refractivity (Wildman–Crippen MR) is 80.7 cm³/mol. The third-order valence-corrected chi connectivity index (χ3v) is 4.80. The van der Waals surface area contributed by atoms with Gasteiger partial charge < -0.3 is 20.3 Å². The highest BCUT2D eigenvalue weighted by Crippen LogP contribution is 2.29. The molecule has 1 aromatic heterocycles. The lowest BCUT2D eigenvalue weighted by atomic mass is 10.0. The average Bonchev–Trinajstić information content (AvgIpc) is 2.68. The van der Waals surface area contributed by atoms with Crippen LogP contribution in [0.1, 0.15) is 22.6 Å². The third-order valence-electron chi connectivity index (χ3n) is 3.41. The Morgan fingerprint density at radius 1 is 1.38 bits per heavy atom. The zero-order valence-electron chi connectivity index (χ0n) is 11.1. The number of hydrogen-bond acceptors (Lipinski definition) is 2. The molecule has 9 heteroatoms. The molecular formula is C12H14Cl3N3O3. The van der Waals surface area contributed by atoms with Crippen molar-refractivity contribution in [1.29, 1.82) is 0 Å². The van der Waals surface area contributed by atoms with Crippen LogP contribution >= 0.6 is 34.8 Å². The van der Waals surface area contributed by atoms with Gasteiger partial charge in [0.1, 0.15) is 5.69 Å². The van der Waals surface area contributed by atoms with E-state index in [-0.39, 0.29) is 23.3 Å². The molecule has 0 bridgehead atoms. The van der Waals surface area contributed by atoms with Crippen molar-refractivity contribution in [3.05, 3.63) is 21.4 Å². The van der Waals surface area contributed by atoms with Gasteiger partial charge in [0, 0.05) is 24.8 Å². The van der Waals surface area contributed by atoms with Crippen molar-refractivity contribution in [3.63, 3.8) is 0 Å². The second-order valence-electron chi connectivity index (χ2n) is 4.87. The van der Waals surface area contributed by atoms with E-state index >= 15 is 0 Å². The van der Waals surface area contributed by atoms with E-state index in [1.165, 1.54) is 4.90 Å². The molecule has 21 heavy (non-hydrogen) atoms. The van der Waals surface area contributed by atoms with Gasteiger partial charge in [0.15, 0.2) is 0 Å². The fourth-order valence-electron chi connectivity index (χ4n) is 2.21. The Morgan fingerprint density at radius 3 is 2.52 bits per heavy atom. The molecule has 1 saturated heterocycles. The molecule has 6 nitrogen and oxygen atoms in total. The topological polar surface area (TPSA) is 85.4 Å². The summed E-state index contributed by atoms with van der Waals surface area (Å²) in [7, 11) is 0. The number of aromatic amines is 1. The van der Waals surface area contributed by atoms with Gasteiger partial charge in [0.2, 0.25) is 0 Å². The van der Waals surface area contributed by atoms with Gasteiger partial charge in [-0.25, -0.2) is 4.79 Å². The number of carboxylic acid groups (broad SMARTS) is 1. The molecule has 0 aromatic carbocycles. The highest BCUT2D eigenvalue weighted by atomic mass is 35.5. The van der Waals surface area contributed by atoms with Gasteiger partial charge in [-0.1, -0.05) is 23.2 Å². The fraction of sp³-hybridized carbons (Fsp3) is 0.500. The largest absolute Gasteiger partial charge is 0.465 e. The van der Waals surface area contributed by atoms with Crippen molar-refractivity contribution in [2.75, 3.05) is 13.1 Å². The Kier molecular flexibility index (Phi) is 4.91. The molecule has 116 valence electrons. The second kappa shape index (κ2) is 6.34. The summed E-state index contributed by atoms with van der Waals surface area (Å²) in [6, 6.07) is -0.326. The van der Waals surface area contributed by atoms with Crippen LogP contribution in [0.2, 0.25) is 10.0 Å². The summed E-state index contributed by atoms with van der Waals surface area (Å²) in [5, 5.41) is 11.7. The Morgan fingerprint density at radius 2 is 2.05 bits per heavy atom. The molecule has 1 aromatic rings. The summed E-state index contributed by atoms with van der Waals surface area (Å²) in [5.74, 6) is -0.408. The maximum absolute atomic E-state index is 12.2. The van der Waals surface area contributed by atoms with Crippen LogP contribution in [0.15, 0.2) is 0 Å². The van der Waals surface area contributed by atoms with Crippen LogP contribution < -0.4 is 5.32 Å². The first-order valence-corrected chi connectivity index (χ1v) is 7.46. The Balaban J connectivity index is 2.03. The summed E-state index contributed by atoms with van der Waals surface area (Å²) in [6.45, 7) is 2.20. The maximum Gasteiger partial charge on any atom is 0.407 e. The van der Waals surface area contributed by atoms with Gasteiger partial charge in [-0.05, 0) is 13.3 Å². The molecule has 0 spiro atoms. The van der Waals surface area contributed by atoms with Crippen LogP contribution in [-0.4, -0.2) is 51.5 Å². The first-order valence-electron chi connectivity index (χ1n) is 6.27. The molecule has 0 saturated carbocycles. The number of hydrogen-bond donors (Lipinski definition) is 3. The molecule has 2 heterocycles. The number of amides is 2. The first kappa shape index (κ1) is 16.3. The van der Waals surface area contributed by atoms with E-state index in [0.29, 0.717) is 23.7 Å². The van der Waals surface area contributed by atoms with Crippen molar-refractivity contribution in [1.82, 2.24) is 15.2 Å². The maximum atomic E-state index is 12.2. The lowest BCUT2D eigenvalue weighted by Crippen LogP contribution is -2.53. The van der Waals surface area contributed by atoms with Crippen molar-refractivity contribution in [3.8, 4) is 0 Å². The molecule has 1 aliphatic rings. The van der Waals surface area contributed by atoms with Crippen molar-refractivity contribution in [2.45, 2.75) is 24.8 Å². The number of likely N-dealkylation sites (tertiary alicyclic amines) is 1. The Bertz CT molecular complexity index is 576. The number of carbonyl (C=O) groups excluding carboxylic acids is 1. The molecule has 0 radical (unpaired) electrons. The smallest absolute Gasteiger partial charge is 0.407 e. The molecule has 3 N–H and O–H groups in total. The highest BCUT2D eigenvalue weighted by molar-refractivity contribution is 6.44. The number of carbonyl (C=O) groups is 2. The van der Waals surface area contributed by atoms with Crippen molar-refractivity contribution >= 4 is 46.8 Å². The monoisotopic (exact) mass is 353 g/mol. The third kappa shape index (κ3) is 3.39. The normalized spacial score (nSPS) is 22.2. The predicted octanol–water partition coefficient (Wildman–Crippen LogP) is 2.72. The van der Waals surface area contributed by atoms with Gasteiger partial charge >= 0.3 is 6.09 Å². The fourth-order valence-corrected chi connectivity index (χ4v) is 2.98. The zero-order valence-corrected chi connectivity index (χ0v) is 13.4. The van der Waals surface area contributed by atoms with E-state index in [9.17, 15) is 9.59 Å². The van der Waals surface area contributed by atoms with Gasteiger partial charge in [-0.15, -0.1) is 11.6 Å². The Labute approximate surface area is 136 Å². The van der Waals surface area contributed by atoms with E-state index in [0.717, 1.165) is 0 Å². The minimum atomic E-state index is -1.01. The molecule has 1 aliphatic heterocycles. The summed E-state index contributed by atoms with van der Waals surface area (Å²) < 4.78 is 0. The molecule has 0 aliphatic carbocycles. The van der Waals surface area contributed by atoms with Gasteiger partial charge in [0.25, 0.3) is 5.91 Å². The summed E-state index contributed by atoms with van der Waals surface area (Å²) in [6.07, 6.45) is -0.572. The number of alkyl halides is 1. The van der Waals surface area contributed by atoms with Gasteiger partial charge in [-0.3, -0.25) is 4.79 Å². The number of aromatic nitrogens is 1. The number of H-pyrrole nitrogens is 1. The molecule has 1 fully saturated rings. The Hall–Kier alpha value is -1.11. The van der Waals surface area contributed by atoms with Crippen molar-refractivity contribution < 1.29 is 14.7 Å². The van der Waals surface area contributed by atoms with Crippen LogP contribution in [0.3, 0.4) is 0 Å². The van der Waals surface area contributed by atoms with Gasteiger partial charge in [0.05, 0.1) is 15.4 Å². The zero-order chi connectivity index (χ0) is 15.7. The molecule has 2 atom stereocenters. The minimum absolute atomic E-state index is 0.167. The van der Waals surface area contributed by atoms with Crippen LogP contribution in [-0.2, 0) is 0 Å². The lowest BCUT2D eigenvalue weighted by molar-refractivity contribution is 0.0905. The quantitative estimate of drug-likeness (QED) is 0.714. The number of rotatable bonds is 2. The lowest BCUT2D eigenvalue weighted by Gasteiger charge is -2.34. The summed E-state index contributed by atoms with van der Waals surface area (Å²) in [4.78, 5) is 27.1. The van der Waals surface area contributed by atoms with Crippen molar-refractivity contribution in [2.24, 2.45) is 0 Å². The van der Waals surface area contributed by atoms with Crippen LogP contribution in [0.4, 0.5) is 4.79 Å². The number of aryl methyl sites for hydroxylation is 1. The number of nitrogens with one attached hydrogen (secondary N) is 2. The summed E-state index contributed by atoms with van der Waals surface area (Å²) in [5.41, 5.74) is 0.790. The molecule has 2 unspecified atom stereocenters. The second-order valence-corrected chi connectivity index (χ2v) is 6.18. The van der Waals surface area contributed by atoms with Gasteiger partial charge in [-0.2, -0.15) is 0 Å². The summed E-state index contributed by atoms with van der Waals surface area (Å²) >= 11 is 18.1. The van der Waals surface area contributed by atoms with Crippen LogP contribution in [0, 0.1) is 6.92 Å². The van der Waals surface area contributed by atoms with Crippen LogP contribution in [0.25, 0.3) is 0 Å². The number of halogens is 3. The average molecular weight is 355 g/mol. The number of piperidine rings is 1. The highest BCUT2D eigenvalue weighted by Gasteiger charge is 2.32. The first-order chi connectivity index (χ1) is 9.81. The van der Waals surface area contributed by atoms with E-state index in [1.54, 1.807) is 6.92 Å². The molecule has 2 rings (SSSR count).